The molecule has 154 valence electrons. The van der Waals surface area contributed by atoms with Crippen LogP contribution in [0.25, 0.3) is 10.3 Å². The first-order chi connectivity index (χ1) is 14.5. The van der Waals surface area contributed by atoms with Gasteiger partial charge in [0.25, 0.3) is 5.56 Å². The number of hydrogen-bond donors (Lipinski definition) is 0. The Hall–Kier alpha value is -2.63. The van der Waals surface area contributed by atoms with Crippen LogP contribution in [0.2, 0.25) is 5.02 Å². The topological polar surface area (TPSA) is 78.1 Å². The van der Waals surface area contributed by atoms with E-state index in [1.807, 2.05) is 19.1 Å². The average Bonchev–Trinajstić information content (AvgIpc) is 3.34. The predicted molar refractivity (Wildman–Crippen MR) is 120 cm³/mol. The van der Waals surface area contributed by atoms with Gasteiger partial charge in [-0.15, -0.1) is 11.3 Å². The first-order valence-corrected chi connectivity index (χ1v) is 11.2. The summed E-state index contributed by atoms with van der Waals surface area (Å²) >= 11 is 7.50. The third-order valence-electron chi connectivity index (χ3n) is 6.27. The Bertz CT molecular complexity index is 1230. The van der Waals surface area contributed by atoms with Gasteiger partial charge >= 0.3 is 0 Å². The zero-order chi connectivity index (χ0) is 21.0. The summed E-state index contributed by atoms with van der Waals surface area (Å²) in [6.07, 6.45) is 3.69. The van der Waals surface area contributed by atoms with Gasteiger partial charge in [0.2, 0.25) is 0 Å². The molecule has 5 heterocycles. The van der Waals surface area contributed by atoms with E-state index in [9.17, 15) is 10.1 Å². The molecule has 0 saturated carbocycles. The van der Waals surface area contributed by atoms with Crippen LogP contribution in [0, 0.1) is 24.2 Å². The molecule has 2 aliphatic heterocycles. The zero-order valence-corrected chi connectivity index (χ0v) is 18.4. The smallest absolute Gasteiger partial charge is 0.271 e. The maximum Gasteiger partial charge on any atom is 0.271 e. The molecule has 0 amide bonds. The summed E-state index contributed by atoms with van der Waals surface area (Å²) in [4.78, 5) is 27.4. The lowest BCUT2D eigenvalue weighted by atomic mass is 9.92. The minimum Gasteiger partial charge on any atom is -0.368 e. The van der Waals surface area contributed by atoms with Crippen molar-refractivity contribution in [2.45, 2.75) is 25.8 Å². The summed E-state index contributed by atoms with van der Waals surface area (Å²) in [6.45, 7) is 4.47. The third kappa shape index (κ3) is 2.96. The van der Waals surface area contributed by atoms with Crippen molar-refractivity contribution >= 4 is 44.8 Å². The van der Waals surface area contributed by atoms with Crippen molar-refractivity contribution in [3.63, 3.8) is 0 Å². The standard InChI is InChI=1S/C21H21ClN6OS/c1-12-25-18-19(15(9-23)20(29)26(2)21(18)30-12)27-7-6-16-13(11-27)5-8-28(16)17-4-3-14(22)10-24-17/h3-4,10,13,16H,5-8,11H2,1-2H3/t13-,16+/m0/s1. The number of rotatable bonds is 2. The van der Waals surface area contributed by atoms with E-state index in [0.717, 1.165) is 53.6 Å². The van der Waals surface area contributed by atoms with Gasteiger partial charge in [-0.25, -0.2) is 9.97 Å². The van der Waals surface area contributed by atoms with Crippen molar-refractivity contribution in [2.24, 2.45) is 13.0 Å². The number of thiazole rings is 1. The van der Waals surface area contributed by atoms with Crippen molar-refractivity contribution in [3.05, 3.63) is 44.3 Å². The van der Waals surface area contributed by atoms with Crippen LogP contribution in [-0.2, 0) is 7.05 Å². The molecule has 3 aromatic rings. The number of piperidine rings is 1. The second-order valence-electron chi connectivity index (χ2n) is 7.97. The van der Waals surface area contributed by atoms with E-state index < -0.39 is 0 Å². The number of pyridine rings is 2. The van der Waals surface area contributed by atoms with E-state index in [0.29, 0.717) is 22.7 Å². The molecule has 0 bridgehead atoms. The van der Waals surface area contributed by atoms with E-state index in [2.05, 4.69) is 25.8 Å². The Kier molecular flexibility index (Phi) is 4.68. The van der Waals surface area contributed by atoms with Crippen LogP contribution < -0.4 is 15.4 Å². The molecular formula is C21H21ClN6OS. The molecule has 5 rings (SSSR count). The number of fused-ring (bicyclic) bond motifs is 2. The highest BCUT2D eigenvalue weighted by Crippen LogP contribution is 2.39. The van der Waals surface area contributed by atoms with E-state index >= 15 is 0 Å². The van der Waals surface area contributed by atoms with Gasteiger partial charge in [0.1, 0.15) is 27.8 Å². The zero-order valence-electron chi connectivity index (χ0n) is 16.8. The summed E-state index contributed by atoms with van der Waals surface area (Å²) in [5.74, 6) is 1.41. The quantitative estimate of drug-likeness (QED) is 0.608. The number of nitrogens with zero attached hydrogens (tertiary/aromatic N) is 6. The van der Waals surface area contributed by atoms with Gasteiger partial charge in [-0.1, -0.05) is 11.6 Å². The SMILES string of the molecule is Cc1nc2c(N3CC[C@@H]4[C@@H](CCN4c4ccc(Cl)cn4)C3)c(C#N)c(=O)n(C)c2s1. The van der Waals surface area contributed by atoms with Crippen LogP contribution in [0.5, 0.6) is 0 Å². The Morgan fingerprint density at radius 2 is 2.13 bits per heavy atom. The van der Waals surface area contributed by atoms with Crippen molar-refractivity contribution < 1.29 is 0 Å². The highest BCUT2D eigenvalue weighted by Gasteiger charge is 2.40. The lowest BCUT2D eigenvalue weighted by Crippen LogP contribution is -2.47. The van der Waals surface area contributed by atoms with Crippen LogP contribution in [-0.4, -0.2) is 40.2 Å². The Labute approximate surface area is 183 Å². The van der Waals surface area contributed by atoms with E-state index in [1.54, 1.807) is 17.8 Å². The van der Waals surface area contributed by atoms with Crippen molar-refractivity contribution in [1.82, 2.24) is 14.5 Å². The average molecular weight is 441 g/mol. The minimum atomic E-state index is -0.246. The maximum atomic E-state index is 12.8. The third-order valence-corrected chi connectivity index (χ3v) is 7.54. The Balaban J connectivity index is 1.50. The van der Waals surface area contributed by atoms with E-state index in [-0.39, 0.29) is 11.1 Å². The molecule has 2 atom stereocenters. The van der Waals surface area contributed by atoms with Gasteiger partial charge in [-0.3, -0.25) is 4.79 Å². The number of aromatic nitrogens is 3. The van der Waals surface area contributed by atoms with Crippen LogP contribution in [0.1, 0.15) is 23.4 Å². The predicted octanol–water partition coefficient (Wildman–Crippen LogP) is 3.33. The first-order valence-electron chi connectivity index (χ1n) is 10.0. The van der Waals surface area contributed by atoms with Crippen LogP contribution in [0.3, 0.4) is 0 Å². The molecule has 2 fully saturated rings. The van der Waals surface area contributed by atoms with Crippen molar-refractivity contribution in [3.8, 4) is 6.07 Å². The highest BCUT2D eigenvalue weighted by atomic mass is 35.5. The Morgan fingerprint density at radius 3 is 2.87 bits per heavy atom. The van der Waals surface area contributed by atoms with Gasteiger partial charge in [0.05, 0.1) is 15.7 Å². The van der Waals surface area contributed by atoms with E-state index in [1.165, 1.54) is 11.3 Å². The van der Waals surface area contributed by atoms with Crippen LogP contribution in [0.4, 0.5) is 11.5 Å². The molecular weight excluding hydrogens is 420 g/mol. The molecule has 0 unspecified atom stereocenters. The molecule has 2 aliphatic rings. The molecule has 3 aromatic heterocycles. The molecule has 2 saturated heterocycles. The van der Waals surface area contributed by atoms with Gasteiger partial charge in [-0.2, -0.15) is 5.26 Å². The number of hydrogen-bond acceptors (Lipinski definition) is 7. The minimum absolute atomic E-state index is 0.197. The normalized spacial score (nSPS) is 21.1. The fourth-order valence-corrected chi connectivity index (χ4v) is 5.88. The van der Waals surface area contributed by atoms with Crippen molar-refractivity contribution in [2.75, 3.05) is 29.4 Å². The van der Waals surface area contributed by atoms with Gasteiger partial charge in [-0.05, 0) is 37.8 Å². The lowest BCUT2D eigenvalue weighted by molar-refractivity contribution is 0.395. The van der Waals surface area contributed by atoms with Gasteiger partial charge < -0.3 is 14.4 Å². The fraction of sp³-hybridized carbons (Fsp3) is 0.429. The molecule has 30 heavy (non-hydrogen) atoms. The monoisotopic (exact) mass is 440 g/mol. The summed E-state index contributed by atoms with van der Waals surface area (Å²) in [7, 11) is 1.72. The number of nitriles is 1. The Morgan fingerprint density at radius 1 is 1.30 bits per heavy atom. The molecule has 9 heteroatoms. The second kappa shape index (κ2) is 7.25. The highest BCUT2D eigenvalue weighted by molar-refractivity contribution is 7.18. The molecule has 0 aliphatic carbocycles. The number of halogens is 1. The van der Waals surface area contributed by atoms with Crippen LogP contribution in [0.15, 0.2) is 23.1 Å². The van der Waals surface area contributed by atoms with Gasteiger partial charge in [0, 0.05) is 38.9 Å². The molecule has 7 nitrogen and oxygen atoms in total. The largest absolute Gasteiger partial charge is 0.368 e. The van der Waals surface area contributed by atoms with Crippen molar-refractivity contribution in [1.29, 1.82) is 5.26 Å². The molecule has 0 aromatic carbocycles. The summed E-state index contributed by atoms with van der Waals surface area (Å²) < 4.78 is 1.55. The fourth-order valence-electron chi connectivity index (χ4n) is 4.90. The van der Waals surface area contributed by atoms with E-state index in [4.69, 9.17) is 11.6 Å². The van der Waals surface area contributed by atoms with Crippen LogP contribution >= 0.6 is 22.9 Å². The number of aryl methyl sites for hydroxylation is 2. The lowest BCUT2D eigenvalue weighted by Gasteiger charge is -2.39. The number of anilines is 2. The molecule has 0 radical (unpaired) electrons. The summed E-state index contributed by atoms with van der Waals surface area (Å²) in [6, 6.07) is 6.42. The summed E-state index contributed by atoms with van der Waals surface area (Å²) in [5.41, 5.74) is 1.43. The molecule has 0 spiro atoms. The first kappa shape index (κ1) is 19.3. The maximum absolute atomic E-state index is 12.8. The summed E-state index contributed by atoms with van der Waals surface area (Å²) in [5, 5.41) is 11.3. The molecule has 0 N–H and O–H groups in total. The van der Waals surface area contributed by atoms with Gasteiger partial charge in [0.15, 0.2) is 0 Å². The second-order valence-corrected chi connectivity index (χ2v) is 9.58.